The molecule has 1 N–H and O–H groups in total. The molecular weight excluding hydrogens is 458 g/mol. The van der Waals surface area contributed by atoms with Gasteiger partial charge in [-0.2, -0.15) is 12.7 Å². The van der Waals surface area contributed by atoms with Gasteiger partial charge in [-0.25, -0.2) is 10.2 Å². The second-order valence-electron chi connectivity index (χ2n) is 8.98. The van der Waals surface area contributed by atoms with E-state index < -0.39 is 33.9 Å². The summed E-state index contributed by atoms with van der Waals surface area (Å²) in [4.78, 5) is 25.3. The van der Waals surface area contributed by atoms with E-state index >= 15 is 0 Å². The number of carbonyl (C=O) groups is 2. The van der Waals surface area contributed by atoms with Gasteiger partial charge in [0, 0.05) is 6.54 Å². The van der Waals surface area contributed by atoms with Crippen LogP contribution in [0.1, 0.15) is 44.7 Å². The number of nitrogens with one attached hydrogen (secondary N) is 1. The molecule has 1 fully saturated rings. The maximum absolute atomic E-state index is 13.6. The minimum atomic E-state index is -4.27. The summed E-state index contributed by atoms with van der Waals surface area (Å²) in [5.41, 5.74) is 2.99. The Kier molecular flexibility index (Phi) is 8.29. The van der Waals surface area contributed by atoms with Crippen LogP contribution in [-0.2, 0) is 37.6 Å². The molecule has 34 heavy (non-hydrogen) atoms. The van der Waals surface area contributed by atoms with Gasteiger partial charge in [-0.15, -0.1) is 0 Å². The fraction of sp³-hybridized carbons (Fsp3) is 0.417. The smallest absolute Gasteiger partial charge is 0.423 e. The van der Waals surface area contributed by atoms with E-state index in [1.807, 2.05) is 36.4 Å². The summed E-state index contributed by atoms with van der Waals surface area (Å²) in [7, 11) is -4.27. The van der Waals surface area contributed by atoms with Crippen LogP contribution in [0.15, 0.2) is 60.7 Å². The molecule has 1 saturated heterocycles. The fourth-order valence-electron chi connectivity index (χ4n) is 3.53. The van der Waals surface area contributed by atoms with Crippen LogP contribution in [0.2, 0.25) is 0 Å². The van der Waals surface area contributed by atoms with Crippen molar-refractivity contribution in [1.82, 2.24) is 14.1 Å². The molecular formula is C24H31N3O6S. The highest BCUT2D eigenvalue weighted by atomic mass is 32.2. The normalized spacial score (nSPS) is 16.9. The molecule has 0 radical (unpaired) electrons. The Labute approximate surface area is 200 Å². The van der Waals surface area contributed by atoms with E-state index in [-0.39, 0.29) is 19.7 Å². The van der Waals surface area contributed by atoms with Gasteiger partial charge < -0.3 is 9.47 Å². The number of hydrogen-bond acceptors (Lipinski definition) is 6. The van der Waals surface area contributed by atoms with Gasteiger partial charge in [-0.05, 0) is 44.7 Å². The molecule has 0 spiro atoms. The lowest BCUT2D eigenvalue weighted by molar-refractivity contribution is -0.148. The Morgan fingerprint density at radius 1 is 1.03 bits per heavy atom. The molecule has 0 aliphatic carbocycles. The fourth-order valence-corrected chi connectivity index (χ4v) is 5.16. The van der Waals surface area contributed by atoms with Gasteiger partial charge in [0.1, 0.15) is 18.2 Å². The predicted molar refractivity (Wildman–Crippen MR) is 126 cm³/mol. The molecule has 184 valence electrons. The van der Waals surface area contributed by atoms with E-state index in [4.69, 9.17) is 9.47 Å². The van der Waals surface area contributed by atoms with Crippen molar-refractivity contribution in [3.05, 3.63) is 71.8 Å². The van der Waals surface area contributed by atoms with E-state index in [0.717, 1.165) is 14.3 Å². The number of carbonyl (C=O) groups excluding carboxylic acids is 2. The summed E-state index contributed by atoms with van der Waals surface area (Å²) in [5.74, 6) is -0.623. The van der Waals surface area contributed by atoms with Crippen molar-refractivity contribution >= 4 is 22.3 Å². The maximum Gasteiger partial charge on any atom is 0.423 e. The zero-order valence-corrected chi connectivity index (χ0v) is 20.5. The van der Waals surface area contributed by atoms with E-state index in [0.29, 0.717) is 18.4 Å². The second-order valence-corrected chi connectivity index (χ2v) is 10.8. The van der Waals surface area contributed by atoms with Crippen molar-refractivity contribution in [2.75, 3.05) is 6.54 Å². The van der Waals surface area contributed by atoms with E-state index in [1.165, 1.54) is 0 Å². The first kappa shape index (κ1) is 25.7. The third-order valence-corrected chi connectivity index (χ3v) is 6.87. The molecule has 1 heterocycles. The van der Waals surface area contributed by atoms with E-state index in [1.54, 1.807) is 45.0 Å². The third kappa shape index (κ3) is 7.02. The average Bonchev–Trinajstić information content (AvgIpc) is 3.28. The number of benzene rings is 2. The largest absolute Gasteiger partial charge is 0.460 e. The first-order chi connectivity index (χ1) is 16.1. The van der Waals surface area contributed by atoms with Crippen LogP contribution in [0.3, 0.4) is 0 Å². The van der Waals surface area contributed by atoms with Gasteiger partial charge in [0.25, 0.3) is 10.2 Å². The number of nitrogens with zero attached hydrogens (tertiary/aromatic N) is 2. The molecule has 9 nitrogen and oxygen atoms in total. The molecule has 0 bridgehead atoms. The van der Waals surface area contributed by atoms with Crippen molar-refractivity contribution in [1.29, 1.82) is 0 Å². The van der Waals surface area contributed by atoms with Crippen LogP contribution in [0, 0.1) is 0 Å². The summed E-state index contributed by atoms with van der Waals surface area (Å²) < 4.78 is 39.8. The molecule has 10 heteroatoms. The van der Waals surface area contributed by atoms with Crippen molar-refractivity contribution in [2.24, 2.45) is 0 Å². The Hall–Kier alpha value is -2.95. The predicted octanol–water partition coefficient (Wildman–Crippen LogP) is 3.38. The minimum Gasteiger partial charge on any atom is -0.460 e. The highest BCUT2D eigenvalue weighted by Crippen LogP contribution is 2.25. The Balaban J connectivity index is 1.78. The molecule has 0 unspecified atom stereocenters. The quantitative estimate of drug-likeness (QED) is 0.450. The van der Waals surface area contributed by atoms with Gasteiger partial charge >= 0.3 is 12.1 Å². The molecule has 1 aliphatic rings. The number of amides is 1. The van der Waals surface area contributed by atoms with Gasteiger partial charge in [0.2, 0.25) is 0 Å². The monoisotopic (exact) mass is 489 g/mol. The topological polar surface area (TPSA) is 105 Å². The summed E-state index contributed by atoms with van der Waals surface area (Å²) >= 11 is 0. The van der Waals surface area contributed by atoms with Crippen molar-refractivity contribution in [3.8, 4) is 0 Å². The zero-order chi connectivity index (χ0) is 24.8. The number of esters is 1. The lowest BCUT2D eigenvalue weighted by atomic mass is 10.2. The highest BCUT2D eigenvalue weighted by molar-refractivity contribution is 7.86. The van der Waals surface area contributed by atoms with Crippen LogP contribution in [0.4, 0.5) is 4.79 Å². The number of rotatable bonds is 8. The summed E-state index contributed by atoms with van der Waals surface area (Å²) in [6.45, 7) is 5.10. The first-order valence-electron chi connectivity index (χ1n) is 11.1. The Morgan fingerprint density at radius 2 is 1.62 bits per heavy atom. The highest BCUT2D eigenvalue weighted by Gasteiger charge is 2.43. The first-order valence-corrected chi connectivity index (χ1v) is 12.5. The van der Waals surface area contributed by atoms with Crippen LogP contribution >= 0.6 is 0 Å². The summed E-state index contributed by atoms with van der Waals surface area (Å²) in [6.07, 6.45) is -0.0802. The average molecular weight is 490 g/mol. The van der Waals surface area contributed by atoms with Crippen molar-refractivity contribution < 1.29 is 27.5 Å². The molecule has 1 amide bonds. The number of hydrazine groups is 1. The maximum atomic E-state index is 13.6. The van der Waals surface area contributed by atoms with Gasteiger partial charge in [0.05, 0.1) is 6.54 Å². The second kappa shape index (κ2) is 11.0. The zero-order valence-electron chi connectivity index (χ0n) is 19.6. The van der Waals surface area contributed by atoms with Crippen molar-refractivity contribution in [3.63, 3.8) is 0 Å². The van der Waals surface area contributed by atoms with Crippen LogP contribution in [0.5, 0.6) is 0 Å². The number of ether oxygens (including phenoxy) is 2. The number of hydrogen-bond donors (Lipinski definition) is 1. The van der Waals surface area contributed by atoms with Crippen LogP contribution < -0.4 is 5.43 Å². The lowest BCUT2D eigenvalue weighted by Gasteiger charge is -2.31. The van der Waals surface area contributed by atoms with E-state index in [2.05, 4.69) is 5.43 Å². The molecule has 0 aromatic heterocycles. The van der Waals surface area contributed by atoms with Crippen LogP contribution in [0.25, 0.3) is 0 Å². The van der Waals surface area contributed by atoms with Gasteiger partial charge in [0.15, 0.2) is 0 Å². The molecule has 2 aromatic rings. The molecule has 1 aliphatic heterocycles. The summed E-state index contributed by atoms with van der Waals surface area (Å²) in [6, 6.07) is 17.0. The minimum absolute atomic E-state index is 0.0496. The van der Waals surface area contributed by atoms with Crippen LogP contribution in [-0.4, -0.2) is 47.4 Å². The van der Waals surface area contributed by atoms with Crippen molar-refractivity contribution in [2.45, 2.75) is 58.4 Å². The standard InChI is InChI=1S/C24H31N3O6S/c1-24(2,3)33-23(29)25-27(17-19-11-6-4-7-12-19)34(30,31)26-16-10-15-21(26)22(28)32-18-20-13-8-5-9-14-20/h4-9,11-14,21H,10,15-18H2,1-3H3,(H,25,29)/t21-/m0/s1. The molecule has 2 aromatic carbocycles. The SMILES string of the molecule is CC(C)(C)OC(=O)NN(Cc1ccccc1)S(=O)(=O)N1CCC[C@H]1C(=O)OCc1ccccc1. The Morgan fingerprint density at radius 3 is 2.21 bits per heavy atom. The van der Waals surface area contributed by atoms with Gasteiger partial charge in [-0.1, -0.05) is 65.1 Å². The van der Waals surface area contributed by atoms with Gasteiger partial charge in [-0.3, -0.25) is 4.79 Å². The lowest BCUT2D eigenvalue weighted by Crippen LogP contribution is -2.55. The molecule has 3 rings (SSSR count). The molecule has 0 saturated carbocycles. The Bertz CT molecular complexity index is 1070. The van der Waals surface area contributed by atoms with E-state index in [9.17, 15) is 18.0 Å². The summed E-state index contributed by atoms with van der Waals surface area (Å²) in [5, 5.41) is 0. The third-order valence-electron chi connectivity index (χ3n) is 5.06. The molecule has 1 atom stereocenters.